The average Bonchev–Trinajstić information content (AvgIpc) is 2.85. The Balaban J connectivity index is 2.55. The van der Waals surface area contributed by atoms with E-state index in [-0.39, 0.29) is 6.54 Å². The van der Waals surface area contributed by atoms with E-state index in [1.165, 1.54) is 6.07 Å². The SMILES string of the molecule is [2H]C([2H])(C(N)=O)C([2H])([2H])C(C(=O)OC)N1Cc2c(C)cccc2C1=O. The summed E-state index contributed by atoms with van der Waals surface area (Å²) in [5.41, 5.74) is 6.65. The van der Waals surface area contributed by atoms with Crippen LogP contribution in [0.25, 0.3) is 0 Å². The lowest BCUT2D eigenvalue weighted by atomic mass is 10.1. The van der Waals surface area contributed by atoms with Crippen molar-refractivity contribution < 1.29 is 24.6 Å². The molecule has 2 N–H and O–H groups in total. The van der Waals surface area contributed by atoms with Crippen LogP contribution >= 0.6 is 0 Å². The van der Waals surface area contributed by atoms with E-state index >= 15 is 0 Å². The standard InChI is InChI=1S/C15H18N2O4/c1-9-4-3-5-10-11(9)8-17(14(10)19)12(15(20)21-2)6-7-13(16)18/h3-5,12H,6-8H2,1-2H3,(H2,16,18)/i6D2,7D2. The van der Waals surface area contributed by atoms with Crippen molar-refractivity contribution in [3.05, 3.63) is 34.9 Å². The molecule has 6 heteroatoms. The minimum atomic E-state index is -3.20. The number of fused-ring (bicyclic) bond motifs is 1. The van der Waals surface area contributed by atoms with Crippen LogP contribution in [0.3, 0.4) is 0 Å². The Morgan fingerprint density at radius 3 is 2.81 bits per heavy atom. The highest BCUT2D eigenvalue weighted by Gasteiger charge is 2.37. The minimum Gasteiger partial charge on any atom is -0.467 e. The van der Waals surface area contributed by atoms with Gasteiger partial charge in [0.2, 0.25) is 5.91 Å². The first-order valence-corrected chi connectivity index (χ1v) is 6.24. The van der Waals surface area contributed by atoms with Gasteiger partial charge in [-0.15, -0.1) is 0 Å². The summed E-state index contributed by atoms with van der Waals surface area (Å²) in [6.45, 7) is 1.66. The number of hydrogen-bond acceptors (Lipinski definition) is 4. The van der Waals surface area contributed by atoms with Gasteiger partial charge in [-0.2, -0.15) is 0 Å². The fourth-order valence-electron chi connectivity index (χ4n) is 2.23. The summed E-state index contributed by atoms with van der Waals surface area (Å²) < 4.78 is 36.1. The Bertz CT molecular complexity index is 751. The van der Waals surface area contributed by atoms with Crippen molar-refractivity contribution in [3.63, 3.8) is 0 Å². The van der Waals surface area contributed by atoms with Crippen LogP contribution < -0.4 is 5.73 Å². The van der Waals surface area contributed by atoms with E-state index in [0.29, 0.717) is 11.1 Å². The number of carbonyl (C=O) groups is 3. The molecule has 1 aromatic carbocycles. The number of esters is 1. The zero-order valence-corrected chi connectivity index (χ0v) is 11.7. The molecule has 0 aliphatic carbocycles. The summed E-state index contributed by atoms with van der Waals surface area (Å²) in [6, 6.07) is 2.98. The van der Waals surface area contributed by atoms with Crippen molar-refractivity contribution >= 4 is 17.8 Å². The predicted octanol–water partition coefficient (Wildman–Crippen LogP) is 0.758. The third-order valence-electron chi connectivity index (χ3n) is 3.30. The molecular weight excluding hydrogens is 272 g/mol. The first-order valence-electron chi connectivity index (χ1n) is 8.24. The van der Waals surface area contributed by atoms with Gasteiger partial charge in [-0.05, 0) is 30.5 Å². The molecule has 0 aromatic heterocycles. The van der Waals surface area contributed by atoms with Gasteiger partial charge in [-0.1, -0.05) is 12.1 Å². The van der Waals surface area contributed by atoms with Crippen molar-refractivity contribution in [1.82, 2.24) is 4.90 Å². The number of amides is 2. The van der Waals surface area contributed by atoms with Crippen LogP contribution in [0.4, 0.5) is 0 Å². The molecule has 1 aliphatic heterocycles. The number of rotatable bonds is 5. The molecule has 1 atom stereocenters. The summed E-state index contributed by atoms with van der Waals surface area (Å²) in [5.74, 6) is -3.39. The Labute approximate surface area is 128 Å². The van der Waals surface area contributed by atoms with E-state index in [4.69, 9.17) is 11.2 Å². The number of aryl methyl sites for hydroxylation is 1. The molecule has 0 saturated heterocycles. The van der Waals surface area contributed by atoms with Crippen molar-refractivity contribution in [2.75, 3.05) is 7.11 Å². The molecule has 0 saturated carbocycles. The largest absolute Gasteiger partial charge is 0.467 e. The summed E-state index contributed by atoms with van der Waals surface area (Å²) in [6.07, 6.45) is -6.30. The van der Waals surface area contributed by atoms with Crippen LogP contribution in [0.15, 0.2) is 18.2 Å². The normalized spacial score (nSPS) is 19.0. The number of methoxy groups -OCH3 is 1. The third kappa shape index (κ3) is 2.89. The molecular formula is C15H18N2O4. The molecule has 1 aromatic rings. The van der Waals surface area contributed by atoms with Gasteiger partial charge in [0.25, 0.3) is 5.91 Å². The van der Waals surface area contributed by atoms with Crippen molar-refractivity contribution in [2.45, 2.75) is 32.3 Å². The van der Waals surface area contributed by atoms with E-state index in [1.807, 2.05) is 0 Å². The molecule has 2 rings (SSSR count). The quantitative estimate of drug-likeness (QED) is 0.812. The fraction of sp³-hybridized carbons (Fsp3) is 0.400. The van der Waals surface area contributed by atoms with Gasteiger partial charge in [0, 0.05) is 24.0 Å². The highest BCUT2D eigenvalue weighted by Crippen LogP contribution is 2.28. The van der Waals surface area contributed by atoms with Gasteiger partial charge >= 0.3 is 5.97 Å². The molecule has 0 fully saturated rings. The van der Waals surface area contributed by atoms with Crippen LogP contribution in [-0.4, -0.2) is 35.8 Å². The number of carbonyl (C=O) groups excluding carboxylic acids is 3. The molecule has 112 valence electrons. The molecule has 1 aliphatic rings. The third-order valence-corrected chi connectivity index (χ3v) is 3.30. The van der Waals surface area contributed by atoms with Crippen LogP contribution in [0, 0.1) is 6.92 Å². The molecule has 0 radical (unpaired) electrons. The average molecular weight is 294 g/mol. The smallest absolute Gasteiger partial charge is 0.328 e. The predicted molar refractivity (Wildman–Crippen MR) is 75.3 cm³/mol. The van der Waals surface area contributed by atoms with Gasteiger partial charge in [-0.25, -0.2) is 4.79 Å². The van der Waals surface area contributed by atoms with Gasteiger partial charge in [0.05, 0.1) is 7.11 Å². The Kier molecular flexibility index (Phi) is 2.94. The lowest BCUT2D eigenvalue weighted by Crippen LogP contribution is -2.42. The monoisotopic (exact) mass is 294 g/mol. The summed E-state index contributed by atoms with van der Waals surface area (Å²) in [7, 11) is 0.990. The maximum absolute atomic E-state index is 12.7. The second kappa shape index (κ2) is 5.95. The van der Waals surface area contributed by atoms with Crippen LogP contribution in [0.2, 0.25) is 0 Å². The molecule has 1 heterocycles. The van der Waals surface area contributed by atoms with Gasteiger partial charge in [0.15, 0.2) is 0 Å². The van der Waals surface area contributed by atoms with Crippen molar-refractivity contribution in [2.24, 2.45) is 5.73 Å². The fourth-order valence-corrected chi connectivity index (χ4v) is 2.23. The first-order chi connectivity index (χ1) is 11.5. The minimum absolute atomic E-state index is 0.102. The lowest BCUT2D eigenvalue weighted by molar-refractivity contribution is -0.146. The number of nitrogens with two attached hydrogens (primary N) is 1. The second-order valence-corrected chi connectivity index (χ2v) is 4.59. The summed E-state index contributed by atoms with van der Waals surface area (Å²) in [4.78, 5) is 37.2. The first kappa shape index (κ1) is 10.4. The lowest BCUT2D eigenvalue weighted by Gasteiger charge is -2.25. The Morgan fingerprint density at radius 1 is 1.52 bits per heavy atom. The maximum atomic E-state index is 12.7. The van der Waals surface area contributed by atoms with Gasteiger partial charge < -0.3 is 15.4 Å². The van der Waals surface area contributed by atoms with E-state index in [9.17, 15) is 14.4 Å². The molecule has 2 amide bonds. The van der Waals surface area contributed by atoms with Crippen molar-refractivity contribution in [3.8, 4) is 0 Å². The van der Waals surface area contributed by atoms with E-state index in [2.05, 4.69) is 4.74 Å². The second-order valence-electron chi connectivity index (χ2n) is 4.59. The van der Waals surface area contributed by atoms with Crippen LogP contribution in [0.5, 0.6) is 0 Å². The van der Waals surface area contributed by atoms with E-state index in [1.54, 1.807) is 19.1 Å². The highest BCUT2D eigenvalue weighted by molar-refractivity contribution is 6.01. The van der Waals surface area contributed by atoms with Crippen LogP contribution in [0.1, 0.15) is 39.7 Å². The number of ether oxygens (including phenoxy) is 1. The number of hydrogen-bond donors (Lipinski definition) is 1. The zero-order valence-electron chi connectivity index (χ0n) is 15.7. The number of benzene rings is 1. The summed E-state index contributed by atoms with van der Waals surface area (Å²) >= 11 is 0. The Morgan fingerprint density at radius 2 is 2.24 bits per heavy atom. The van der Waals surface area contributed by atoms with Crippen LogP contribution in [-0.2, 0) is 20.9 Å². The molecule has 6 nitrogen and oxygen atoms in total. The van der Waals surface area contributed by atoms with Gasteiger partial charge in [-0.3, -0.25) is 9.59 Å². The topological polar surface area (TPSA) is 89.7 Å². The van der Waals surface area contributed by atoms with Crippen molar-refractivity contribution in [1.29, 1.82) is 0 Å². The summed E-state index contributed by atoms with van der Waals surface area (Å²) in [5, 5.41) is 0. The maximum Gasteiger partial charge on any atom is 0.328 e. The molecule has 0 bridgehead atoms. The van der Waals surface area contributed by atoms with E-state index in [0.717, 1.165) is 17.6 Å². The number of primary amides is 1. The Hall–Kier alpha value is -2.37. The molecule has 1 unspecified atom stereocenters. The highest BCUT2D eigenvalue weighted by atomic mass is 16.5. The van der Waals surface area contributed by atoms with E-state index < -0.39 is 36.6 Å². The number of nitrogens with zero attached hydrogens (tertiary/aromatic N) is 1. The molecule has 0 spiro atoms. The molecule has 21 heavy (non-hydrogen) atoms. The van der Waals surface area contributed by atoms with Gasteiger partial charge in [0.1, 0.15) is 6.04 Å². The zero-order chi connectivity index (χ0) is 19.2.